The first-order valence-corrected chi connectivity index (χ1v) is 6.79. The lowest BCUT2D eigenvalue weighted by atomic mass is 10.1. The van der Waals surface area contributed by atoms with E-state index in [4.69, 9.17) is 4.74 Å². The van der Waals surface area contributed by atoms with Crippen LogP contribution in [0.15, 0.2) is 34.4 Å². The Hall–Kier alpha value is -1.75. The van der Waals surface area contributed by atoms with E-state index in [0.29, 0.717) is 11.6 Å². The number of aromatic nitrogens is 2. The Balaban J connectivity index is 2.35. The van der Waals surface area contributed by atoms with Gasteiger partial charge in [-0.2, -0.15) is 0 Å². The van der Waals surface area contributed by atoms with Gasteiger partial charge in [0.1, 0.15) is 11.4 Å². The molecule has 0 saturated heterocycles. The van der Waals surface area contributed by atoms with Gasteiger partial charge in [0.15, 0.2) is 11.6 Å². The highest BCUT2D eigenvalue weighted by molar-refractivity contribution is 7.99. The third kappa shape index (κ3) is 2.98. The van der Waals surface area contributed by atoms with Crippen LogP contribution in [-0.2, 0) is 0 Å². The summed E-state index contributed by atoms with van der Waals surface area (Å²) in [6.45, 7) is 4.21. The molecule has 5 heteroatoms. The van der Waals surface area contributed by atoms with E-state index in [1.54, 1.807) is 18.9 Å². The van der Waals surface area contributed by atoms with Crippen molar-refractivity contribution in [2.24, 2.45) is 0 Å². The number of benzene rings is 1. The molecule has 100 valence electrons. The van der Waals surface area contributed by atoms with Gasteiger partial charge in [-0.15, -0.1) is 0 Å². The maximum absolute atomic E-state index is 5.39. The van der Waals surface area contributed by atoms with Crippen molar-refractivity contribution < 1.29 is 4.74 Å². The average molecular weight is 275 g/mol. The lowest BCUT2D eigenvalue weighted by Crippen LogP contribution is -1.99. The number of aryl methyl sites for hydroxylation is 2. The molecule has 1 N–H and O–H groups in total. The molecule has 0 aliphatic rings. The van der Waals surface area contributed by atoms with E-state index in [0.717, 1.165) is 9.92 Å². The summed E-state index contributed by atoms with van der Waals surface area (Å²) in [6.07, 6.45) is 1.54. The van der Waals surface area contributed by atoms with Gasteiger partial charge in [0.2, 0.25) is 0 Å². The molecule has 0 aliphatic carbocycles. The van der Waals surface area contributed by atoms with Gasteiger partial charge < -0.3 is 10.1 Å². The summed E-state index contributed by atoms with van der Waals surface area (Å²) in [4.78, 5) is 9.57. The van der Waals surface area contributed by atoms with E-state index in [-0.39, 0.29) is 0 Å². The third-order valence-corrected chi connectivity index (χ3v) is 3.88. The summed E-state index contributed by atoms with van der Waals surface area (Å²) in [7, 11) is 3.44. The number of hydrogen-bond donors (Lipinski definition) is 1. The summed E-state index contributed by atoms with van der Waals surface area (Å²) < 4.78 is 5.39. The smallest absolute Gasteiger partial charge is 0.194 e. The monoisotopic (exact) mass is 275 g/mol. The van der Waals surface area contributed by atoms with E-state index >= 15 is 0 Å². The van der Waals surface area contributed by atoms with Gasteiger partial charge in [-0.25, -0.2) is 9.97 Å². The van der Waals surface area contributed by atoms with Crippen LogP contribution in [0.1, 0.15) is 11.1 Å². The second kappa shape index (κ2) is 5.93. The molecule has 0 bridgehead atoms. The van der Waals surface area contributed by atoms with Crippen LogP contribution in [0, 0.1) is 13.8 Å². The van der Waals surface area contributed by atoms with Crippen LogP contribution in [0.2, 0.25) is 0 Å². The minimum Gasteiger partial charge on any atom is -0.490 e. The number of methoxy groups -OCH3 is 1. The zero-order chi connectivity index (χ0) is 13.8. The first-order chi connectivity index (χ1) is 9.15. The van der Waals surface area contributed by atoms with Crippen molar-refractivity contribution in [1.82, 2.24) is 9.97 Å². The Morgan fingerprint density at radius 3 is 2.58 bits per heavy atom. The van der Waals surface area contributed by atoms with Crippen molar-refractivity contribution in [2.45, 2.75) is 23.8 Å². The molecule has 2 aromatic rings. The van der Waals surface area contributed by atoms with Crippen LogP contribution in [-0.4, -0.2) is 24.1 Å². The van der Waals surface area contributed by atoms with Gasteiger partial charge in [-0.05, 0) is 37.1 Å². The van der Waals surface area contributed by atoms with E-state index in [9.17, 15) is 0 Å². The predicted molar refractivity (Wildman–Crippen MR) is 78.2 cm³/mol. The number of ether oxygens (including phenoxy) is 1. The summed E-state index contributed by atoms with van der Waals surface area (Å²) >= 11 is 1.58. The van der Waals surface area contributed by atoms with E-state index < -0.39 is 0 Å². The highest BCUT2D eigenvalue weighted by atomic mass is 32.2. The molecule has 0 spiro atoms. The van der Waals surface area contributed by atoms with Gasteiger partial charge in [0, 0.05) is 11.9 Å². The molecule has 0 radical (unpaired) electrons. The largest absolute Gasteiger partial charge is 0.490 e. The molecule has 0 atom stereocenters. The van der Waals surface area contributed by atoms with Gasteiger partial charge in [0.05, 0.1) is 7.11 Å². The first kappa shape index (κ1) is 13.7. The van der Waals surface area contributed by atoms with Gasteiger partial charge in [0.25, 0.3) is 0 Å². The highest BCUT2D eigenvalue weighted by Gasteiger charge is 2.12. The van der Waals surface area contributed by atoms with Gasteiger partial charge in [-0.3, -0.25) is 0 Å². The molecule has 0 aliphatic heterocycles. The molecular weight excluding hydrogens is 258 g/mol. The summed E-state index contributed by atoms with van der Waals surface area (Å²) in [5, 5.41) is 3.81. The van der Waals surface area contributed by atoms with Crippen LogP contribution in [0.3, 0.4) is 0 Å². The van der Waals surface area contributed by atoms with Gasteiger partial charge in [-0.1, -0.05) is 17.8 Å². The highest BCUT2D eigenvalue weighted by Crippen LogP contribution is 2.36. The topological polar surface area (TPSA) is 47.0 Å². The molecule has 0 unspecified atom stereocenters. The SMILES string of the molecule is CNc1ncnc(Sc2ccc(C)c(C)c2)c1OC. The molecule has 1 aromatic heterocycles. The molecule has 0 fully saturated rings. The van der Waals surface area contributed by atoms with Crippen molar-refractivity contribution in [3.8, 4) is 5.75 Å². The summed E-state index contributed by atoms with van der Waals surface area (Å²) in [5.74, 6) is 1.37. The van der Waals surface area contributed by atoms with Crippen LogP contribution < -0.4 is 10.1 Å². The molecule has 19 heavy (non-hydrogen) atoms. The van der Waals surface area contributed by atoms with Gasteiger partial charge >= 0.3 is 0 Å². The maximum Gasteiger partial charge on any atom is 0.194 e. The maximum atomic E-state index is 5.39. The van der Waals surface area contributed by atoms with Crippen LogP contribution >= 0.6 is 11.8 Å². The van der Waals surface area contributed by atoms with Crippen molar-refractivity contribution in [1.29, 1.82) is 0 Å². The van der Waals surface area contributed by atoms with E-state index in [1.165, 1.54) is 17.5 Å². The minimum atomic E-state index is 0.674. The lowest BCUT2D eigenvalue weighted by Gasteiger charge is -2.11. The fourth-order valence-electron chi connectivity index (χ4n) is 1.68. The Morgan fingerprint density at radius 2 is 1.95 bits per heavy atom. The van der Waals surface area contributed by atoms with Crippen molar-refractivity contribution in [2.75, 3.05) is 19.5 Å². The zero-order valence-electron chi connectivity index (χ0n) is 11.5. The number of rotatable bonds is 4. The Morgan fingerprint density at radius 1 is 1.16 bits per heavy atom. The van der Waals surface area contributed by atoms with Crippen molar-refractivity contribution in [3.63, 3.8) is 0 Å². The second-order valence-electron chi connectivity index (χ2n) is 4.16. The fourth-order valence-corrected chi connectivity index (χ4v) is 2.65. The average Bonchev–Trinajstić information content (AvgIpc) is 2.42. The van der Waals surface area contributed by atoms with Crippen molar-refractivity contribution >= 4 is 17.6 Å². The fraction of sp³-hybridized carbons (Fsp3) is 0.286. The van der Waals surface area contributed by atoms with Crippen LogP contribution in [0.25, 0.3) is 0 Å². The standard InChI is InChI=1S/C14H17N3OS/c1-9-5-6-11(7-10(9)2)19-14-12(18-4)13(15-3)16-8-17-14/h5-8H,1-4H3,(H,15,16,17). The molecular formula is C14H17N3OS. The summed E-state index contributed by atoms with van der Waals surface area (Å²) in [6, 6.07) is 6.36. The Bertz CT molecular complexity index is 587. The minimum absolute atomic E-state index is 0.674. The third-order valence-electron chi connectivity index (χ3n) is 2.90. The molecule has 0 amide bonds. The van der Waals surface area contributed by atoms with E-state index in [1.807, 2.05) is 7.05 Å². The Kier molecular flexibility index (Phi) is 4.27. The molecule has 0 saturated carbocycles. The molecule has 2 rings (SSSR count). The number of nitrogens with zero attached hydrogens (tertiary/aromatic N) is 2. The second-order valence-corrected chi connectivity index (χ2v) is 5.22. The Labute approximate surface area is 117 Å². The summed E-state index contributed by atoms with van der Waals surface area (Å²) in [5.41, 5.74) is 2.56. The lowest BCUT2D eigenvalue weighted by molar-refractivity contribution is 0.400. The number of nitrogens with one attached hydrogen (secondary N) is 1. The normalized spacial score (nSPS) is 10.3. The van der Waals surface area contributed by atoms with Crippen LogP contribution in [0.5, 0.6) is 5.75 Å². The zero-order valence-corrected chi connectivity index (χ0v) is 12.3. The first-order valence-electron chi connectivity index (χ1n) is 5.97. The molecule has 1 heterocycles. The molecule has 1 aromatic carbocycles. The quantitative estimate of drug-likeness (QED) is 0.868. The van der Waals surface area contributed by atoms with Crippen molar-refractivity contribution in [3.05, 3.63) is 35.7 Å². The van der Waals surface area contributed by atoms with Crippen LogP contribution in [0.4, 0.5) is 5.82 Å². The number of anilines is 1. The van der Waals surface area contributed by atoms with E-state index in [2.05, 4.69) is 47.3 Å². The molecule has 4 nitrogen and oxygen atoms in total. The number of hydrogen-bond acceptors (Lipinski definition) is 5. The predicted octanol–water partition coefficient (Wildman–Crippen LogP) is 3.29.